The van der Waals surface area contributed by atoms with Crippen molar-refractivity contribution in [1.82, 2.24) is 0 Å². The van der Waals surface area contributed by atoms with Gasteiger partial charge in [0.25, 0.3) is 0 Å². The molecule has 0 unspecified atom stereocenters. The van der Waals surface area contributed by atoms with Crippen LogP contribution in [0.15, 0.2) is 47.1 Å². The third-order valence-electron chi connectivity index (χ3n) is 14.5. The van der Waals surface area contributed by atoms with Crippen molar-refractivity contribution in [2.45, 2.75) is 197 Å². The SMILES string of the molecule is CO[C@H]1C[C@H](O[C@H]2[C@H](C)O[C@@H](O[C@@H]3/C(C)=C\C[C@@H]4C[C@@H](C[C@]5(C[C@H](O)[C@H](C)[C@@H](C(C)C)O5)O4)OC(=O)[C@@H]4C=C(C)[C@@H](O)[C@H]5OC/C(=C/C=C\[C@@H]3C)[C@]54O)C[C@@H]2OC)O[C@@H](C)[C@@H]1O. The molecule has 350 valence electrons. The van der Waals surface area contributed by atoms with Crippen LogP contribution < -0.4 is 0 Å². The van der Waals surface area contributed by atoms with Gasteiger partial charge in [-0.05, 0) is 56.8 Å². The molecule has 0 aromatic heterocycles. The molecule has 2 bridgehead atoms. The topological polar surface area (TPSA) is 190 Å². The van der Waals surface area contributed by atoms with Crippen LogP contribution in [0.2, 0.25) is 0 Å². The normalized spacial score (nSPS) is 50.2. The van der Waals surface area contributed by atoms with E-state index in [9.17, 15) is 25.2 Å². The van der Waals surface area contributed by atoms with Crippen molar-refractivity contribution >= 4 is 5.97 Å². The number of ether oxygens (including phenoxy) is 10. The van der Waals surface area contributed by atoms with E-state index < -0.39 is 109 Å². The van der Waals surface area contributed by atoms with E-state index in [4.69, 9.17) is 47.4 Å². The van der Waals surface area contributed by atoms with Gasteiger partial charge in [-0.25, -0.2) is 0 Å². The van der Waals surface area contributed by atoms with Gasteiger partial charge in [0.05, 0.1) is 55.4 Å². The van der Waals surface area contributed by atoms with Gasteiger partial charge < -0.3 is 67.8 Å². The van der Waals surface area contributed by atoms with Gasteiger partial charge >= 0.3 is 5.97 Å². The largest absolute Gasteiger partial charge is 0.462 e. The Balaban J connectivity index is 1.18. The lowest BCUT2D eigenvalue weighted by atomic mass is 9.71. The fourth-order valence-electron chi connectivity index (χ4n) is 10.9. The number of fused-ring (bicyclic) bond motifs is 2. The van der Waals surface area contributed by atoms with Crippen LogP contribution in [-0.2, 0) is 52.2 Å². The molecular formula is C47H72O15. The van der Waals surface area contributed by atoms with Crippen molar-refractivity contribution in [1.29, 1.82) is 0 Å². The highest BCUT2D eigenvalue weighted by atomic mass is 16.7. The first-order chi connectivity index (χ1) is 29.4. The molecule has 0 aromatic rings. The van der Waals surface area contributed by atoms with Gasteiger partial charge in [-0.15, -0.1) is 0 Å². The average molecular weight is 877 g/mol. The predicted octanol–water partition coefficient (Wildman–Crippen LogP) is 4.18. The Labute approximate surface area is 366 Å². The number of aliphatic hydroxyl groups is 4. The summed E-state index contributed by atoms with van der Waals surface area (Å²) in [6.07, 6.45) is 2.11. The van der Waals surface area contributed by atoms with Crippen molar-refractivity contribution in [2.24, 2.45) is 23.7 Å². The molecule has 15 nitrogen and oxygen atoms in total. The maximum absolute atomic E-state index is 14.3. The zero-order chi connectivity index (χ0) is 44.8. The molecule has 0 aromatic carbocycles. The van der Waals surface area contributed by atoms with Crippen LogP contribution in [-0.4, -0.2) is 151 Å². The fraction of sp³-hybridized carbons (Fsp3) is 0.809. The second kappa shape index (κ2) is 19.4. The van der Waals surface area contributed by atoms with Crippen molar-refractivity contribution in [3.05, 3.63) is 47.1 Å². The first kappa shape index (κ1) is 47.9. The Morgan fingerprint density at radius 3 is 2.26 bits per heavy atom. The number of methoxy groups -OCH3 is 2. The molecular weight excluding hydrogens is 805 g/mol. The van der Waals surface area contributed by atoms with Crippen LogP contribution in [0.25, 0.3) is 0 Å². The second-order valence-corrected chi connectivity index (χ2v) is 19.3. The van der Waals surface area contributed by atoms with Crippen molar-refractivity contribution in [3.8, 4) is 0 Å². The van der Waals surface area contributed by atoms with Gasteiger partial charge in [0.1, 0.15) is 42.0 Å². The molecule has 6 aliphatic heterocycles. The summed E-state index contributed by atoms with van der Waals surface area (Å²) in [6.45, 7) is 15.6. The minimum atomic E-state index is -1.87. The van der Waals surface area contributed by atoms with Crippen LogP contribution in [0.1, 0.15) is 93.9 Å². The van der Waals surface area contributed by atoms with Crippen LogP contribution in [0.3, 0.4) is 0 Å². The summed E-state index contributed by atoms with van der Waals surface area (Å²) >= 11 is 0. The van der Waals surface area contributed by atoms with Gasteiger partial charge in [0.15, 0.2) is 18.4 Å². The number of esters is 1. The summed E-state index contributed by atoms with van der Waals surface area (Å²) in [4.78, 5) is 14.3. The molecule has 0 radical (unpaired) electrons. The van der Waals surface area contributed by atoms with Gasteiger partial charge in [-0.1, -0.05) is 58.1 Å². The minimum absolute atomic E-state index is 0.0105. The molecule has 0 saturated carbocycles. The Hall–Kier alpha value is -2.09. The summed E-state index contributed by atoms with van der Waals surface area (Å²) in [5, 5.41) is 45.6. The number of rotatable bonds is 7. The van der Waals surface area contributed by atoms with E-state index in [2.05, 4.69) is 19.9 Å². The minimum Gasteiger partial charge on any atom is -0.462 e. The maximum atomic E-state index is 14.3. The molecule has 4 N–H and O–H groups in total. The van der Waals surface area contributed by atoms with E-state index in [1.807, 2.05) is 39.8 Å². The molecule has 6 heterocycles. The highest BCUT2D eigenvalue weighted by Crippen LogP contribution is 2.48. The zero-order valence-electron chi connectivity index (χ0n) is 38.1. The quantitative estimate of drug-likeness (QED) is 0.210. The molecule has 1 aliphatic carbocycles. The molecule has 15 heteroatoms. The second-order valence-electron chi connectivity index (χ2n) is 19.3. The third kappa shape index (κ3) is 9.58. The lowest BCUT2D eigenvalue weighted by molar-refractivity contribution is -0.353. The van der Waals surface area contributed by atoms with E-state index in [1.165, 1.54) is 0 Å². The highest BCUT2D eigenvalue weighted by Gasteiger charge is 2.60. The van der Waals surface area contributed by atoms with Crippen molar-refractivity contribution < 1.29 is 72.6 Å². The summed E-state index contributed by atoms with van der Waals surface area (Å²) in [6, 6.07) is 0. The lowest BCUT2D eigenvalue weighted by Gasteiger charge is -2.52. The summed E-state index contributed by atoms with van der Waals surface area (Å²) < 4.78 is 63.4. The molecule has 1 spiro atoms. The van der Waals surface area contributed by atoms with Crippen LogP contribution in [0.4, 0.5) is 0 Å². The summed E-state index contributed by atoms with van der Waals surface area (Å²) in [5.74, 6) is -3.24. The molecule has 0 amide bonds. The Bertz CT molecular complexity index is 1700. The van der Waals surface area contributed by atoms with E-state index in [0.717, 1.165) is 5.57 Å². The third-order valence-corrected chi connectivity index (χ3v) is 14.5. The molecule has 5 fully saturated rings. The molecule has 7 aliphatic rings. The fourth-order valence-corrected chi connectivity index (χ4v) is 10.9. The first-order valence-corrected chi connectivity index (χ1v) is 22.7. The highest BCUT2D eigenvalue weighted by molar-refractivity contribution is 5.78. The molecule has 7 rings (SSSR count). The zero-order valence-corrected chi connectivity index (χ0v) is 38.1. The maximum Gasteiger partial charge on any atom is 0.316 e. The molecule has 20 atom stereocenters. The number of aliphatic hydroxyl groups excluding tert-OH is 3. The monoisotopic (exact) mass is 876 g/mol. The van der Waals surface area contributed by atoms with E-state index in [1.54, 1.807) is 40.2 Å². The number of carbonyl (C=O) groups is 1. The van der Waals surface area contributed by atoms with Gasteiger partial charge in [-0.2, -0.15) is 0 Å². The van der Waals surface area contributed by atoms with Crippen LogP contribution >= 0.6 is 0 Å². The average Bonchev–Trinajstić information content (AvgIpc) is 3.56. The number of hydrogen-bond donors (Lipinski definition) is 4. The molecule has 62 heavy (non-hydrogen) atoms. The first-order valence-electron chi connectivity index (χ1n) is 22.7. The van der Waals surface area contributed by atoms with Gasteiger partial charge in [-0.3, -0.25) is 4.79 Å². The van der Waals surface area contributed by atoms with Crippen LogP contribution in [0, 0.1) is 23.7 Å². The van der Waals surface area contributed by atoms with E-state index in [0.29, 0.717) is 36.8 Å². The van der Waals surface area contributed by atoms with Crippen molar-refractivity contribution in [2.75, 3.05) is 20.8 Å². The Morgan fingerprint density at radius 2 is 1.55 bits per heavy atom. The number of hydrogen-bond acceptors (Lipinski definition) is 15. The van der Waals surface area contributed by atoms with Crippen LogP contribution in [0.5, 0.6) is 0 Å². The lowest BCUT2D eigenvalue weighted by Crippen LogP contribution is -2.60. The van der Waals surface area contributed by atoms with Gasteiger partial charge in [0.2, 0.25) is 0 Å². The van der Waals surface area contributed by atoms with E-state index >= 15 is 0 Å². The van der Waals surface area contributed by atoms with Gasteiger partial charge in [0, 0.05) is 58.2 Å². The predicted molar refractivity (Wildman–Crippen MR) is 224 cm³/mol. The Kier molecular flexibility index (Phi) is 15.0. The molecule has 5 saturated heterocycles. The number of carbonyl (C=O) groups excluding carboxylic acids is 1. The van der Waals surface area contributed by atoms with Crippen molar-refractivity contribution in [3.63, 3.8) is 0 Å². The Morgan fingerprint density at radius 1 is 0.855 bits per heavy atom. The summed E-state index contributed by atoms with van der Waals surface area (Å²) in [7, 11) is 3.20. The summed E-state index contributed by atoms with van der Waals surface area (Å²) in [5.41, 5.74) is 0.0192. The number of allylic oxidation sites excluding steroid dienone is 2. The standard InChI is InChI=1S/C47H72O15/c1-23(2)41-27(6)34(48)21-46(62-41)20-32-17-31(61-46)15-14-25(4)42(24(3)12-11-13-30-22-55-44-39(49)26(5)16-33(45(51)58-32)47(30,44)52)59-38-19-36(54-10)43(29(8)57-38)60-37-18-35(53-9)40(50)28(7)56-37/h11-14,16,23-24,27-29,31-44,48-50,52H,15,17-22H2,1-10H3/b12-11-,25-14-,30-13-/t24-,27-,28-,29-,31+,32-,33-,34-,35-,36-,37-,38-,39+,40-,41+,42-,43-,44+,46-,47+/m0/s1. The smallest absolute Gasteiger partial charge is 0.316 e. The van der Waals surface area contributed by atoms with E-state index in [-0.39, 0.29) is 43.3 Å².